The Morgan fingerprint density at radius 2 is 2.21 bits per heavy atom. The van der Waals surface area contributed by atoms with E-state index in [1.165, 1.54) is 36.1 Å². The molecule has 0 aromatic heterocycles. The largest absolute Gasteiger partial charge is 0.311 e. The third kappa shape index (κ3) is 2.24. The Morgan fingerprint density at radius 3 is 2.86 bits per heavy atom. The molecule has 1 aromatic rings. The van der Waals surface area contributed by atoms with Crippen molar-refractivity contribution in [2.75, 3.05) is 6.54 Å². The smallest absolute Gasteiger partial charge is 0.0196 e. The van der Waals surface area contributed by atoms with Gasteiger partial charge in [-0.15, -0.1) is 0 Å². The molecular weight excluding hydrogens is 170 g/mol. The fraction of sp³-hybridized carbons (Fsp3) is 0.385. The normalized spacial score (nSPS) is 19.4. The van der Waals surface area contributed by atoms with Gasteiger partial charge in [0.2, 0.25) is 0 Å². The molecule has 2 rings (SSSR count). The number of benzene rings is 1. The Labute approximate surface area is 85.8 Å². The highest BCUT2D eigenvalue weighted by atomic mass is 15.1. The van der Waals surface area contributed by atoms with E-state index in [0.717, 1.165) is 6.04 Å². The standard InChI is InChI=1S/C13H17N/c1-10(2)13-6-4-3-5-11(13)7-8-12-9-14-12/h3-6,12,14H,1,7-9H2,2H3. The Bertz CT molecular complexity index is 337. The first-order chi connectivity index (χ1) is 6.77. The molecular formula is C13H17N. The number of hydrogen-bond donors (Lipinski definition) is 1. The molecule has 0 spiro atoms. The van der Waals surface area contributed by atoms with Crippen LogP contribution in [0, 0.1) is 0 Å². The summed E-state index contributed by atoms with van der Waals surface area (Å²) in [6.07, 6.45) is 2.42. The number of aryl methyl sites for hydroxylation is 1. The first-order valence-electron chi connectivity index (χ1n) is 5.24. The van der Waals surface area contributed by atoms with E-state index in [9.17, 15) is 0 Å². The molecule has 0 radical (unpaired) electrons. The second kappa shape index (κ2) is 3.97. The SMILES string of the molecule is C=C(C)c1ccccc1CCC1CN1. The van der Waals surface area contributed by atoms with Gasteiger partial charge in [0.1, 0.15) is 0 Å². The van der Waals surface area contributed by atoms with Crippen molar-refractivity contribution >= 4 is 5.57 Å². The maximum absolute atomic E-state index is 4.01. The highest BCUT2D eigenvalue weighted by molar-refractivity contribution is 5.64. The highest BCUT2D eigenvalue weighted by Crippen LogP contribution is 2.20. The molecule has 1 unspecified atom stereocenters. The molecule has 1 fully saturated rings. The first kappa shape index (κ1) is 9.47. The monoisotopic (exact) mass is 187 g/mol. The molecule has 1 aliphatic rings. The Balaban J connectivity index is 2.09. The predicted octanol–water partition coefficient (Wildman–Crippen LogP) is 2.62. The minimum atomic E-state index is 0.771. The number of nitrogens with one attached hydrogen (secondary N) is 1. The summed E-state index contributed by atoms with van der Waals surface area (Å²) in [5.41, 5.74) is 3.94. The Hall–Kier alpha value is -1.08. The van der Waals surface area contributed by atoms with Gasteiger partial charge in [0, 0.05) is 12.6 Å². The Morgan fingerprint density at radius 1 is 1.50 bits per heavy atom. The van der Waals surface area contributed by atoms with Crippen LogP contribution in [0.15, 0.2) is 30.8 Å². The zero-order valence-corrected chi connectivity index (χ0v) is 8.72. The molecule has 74 valence electrons. The van der Waals surface area contributed by atoms with Gasteiger partial charge < -0.3 is 5.32 Å². The van der Waals surface area contributed by atoms with Crippen molar-refractivity contribution < 1.29 is 0 Å². The van der Waals surface area contributed by atoms with Gasteiger partial charge in [-0.05, 0) is 30.9 Å². The van der Waals surface area contributed by atoms with Crippen molar-refractivity contribution in [3.8, 4) is 0 Å². The topological polar surface area (TPSA) is 21.9 Å². The van der Waals surface area contributed by atoms with Gasteiger partial charge in [-0.2, -0.15) is 0 Å². The molecule has 1 nitrogen and oxygen atoms in total. The van der Waals surface area contributed by atoms with Crippen LogP contribution in [0.3, 0.4) is 0 Å². The van der Waals surface area contributed by atoms with E-state index in [-0.39, 0.29) is 0 Å². The van der Waals surface area contributed by atoms with Gasteiger partial charge in [0.15, 0.2) is 0 Å². The lowest BCUT2D eigenvalue weighted by Crippen LogP contribution is -1.97. The van der Waals surface area contributed by atoms with Crippen LogP contribution in [0.5, 0.6) is 0 Å². The van der Waals surface area contributed by atoms with Crippen LogP contribution in [-0.4, -0.2) is 12.6 Å². The van der Waals surface area contributed by atoms with Crippen LogP contribution < -0.4 is 5.32 Å². The van der Waals surface area contributed by atoms with E-state index in [2.05, 4.69) is 43.1 Å². The van der Waals surface area contributed by atoms with E-state index in [0.29, 0.717) is 0 Å². The molecule has 14 heavy (non-hydrogen) atoms. The summed E-state index contributed by atoms with van der Waals surface area (Å²) >= 11 is 0. The summed E-state index contributed by atoms with van der Waals surface area (Å²) in [5.74, 6) is 0. The molecule has 0 amide bonds. The van der Waals surface area contributed by atoms with Crippen LogP contribution >= 0.6 is 0 Å². The lowest BCUT2D eigenvalue weighted by Gasteiger charge is -2.08. The average Bonchev–Trinajstić information content (AvgIpc) is 2.98. The van der Waals surface area contributed by atoms with Crippen LogP contribution in [0.2, 0.25) is 0 Å². The lowest BCUT2D eigenvalue weighted by atomic mass is 9.98. The lowest BCUT2D eigenvalue weighted by molar-refractivity contribution is 0.800. The van der Waals surface area contributed by atoms with Crippen molar-refractivity contribution in [3.63, 3.8) is 0 Å². The summed E-state index contributed by atoms with van der Waals surface area (Å²) in [6.45, 7) is 7.29. The quantitative estimate of drug-likeness (QED) is 0.719. The van der Waals surface area contributed by atoms with Crippen LogP contribution in [-0.2, 0) is 6.42 Å². The number of allylic oxidation sites excluding steroid dienone is 1. The third-order valence-corrected chi connectivity index (χ3v) is 2.73. The van der Waals surface area contributed by atoms with Gasteiger partial charge in [-0.3, -0.25) is 0 Å². The van der Waals surface area contributed by atoms with E-state index >= 15 is 0 Å². The van der Waals surface area contributed by atoms with Crippen molar-refractivity contribution in [1.29, 1.82) is 0 Å². The van der Waals surface area contributed by atoms with Crippen LogP contribution in [0.4, 0.5) is 0 Å². The zero-order chi connectivity index (χ0) is 9.97. The molecule has 1 saturated heterocycles. The maximum atomic E-state index is 4.01. The Kier molecular flexibility index (Phi) is 2.69. The maximum Gasteiger partial charge on any atom is 0.0196 e. The molecule has 0 saturated carbocycles. The summed E-state index contributed by atoms with van der Waals surface area (Å²) in [7, 11) is 0. The second-order valence-corrected chi connectivity index (χ2v) is 4.08. The molecule has 1 heterocycles. The summed E-state index contributed by atoms with van der Waals surface area (Å²) in [6, 6.07) is 9.35. The van der Waals surface area contributed by atoms with Gasteiger partial charge in [-0.25, -0.2) is 0 Å². The van der Waals surface area contributed by atoms with Crippen molar-refractivity contribution in [1.82, 2.24) is 5.32 Å². The number of rotatable bonds is 4. The molecule has 1 heteroatoms. The summed E-state index contributed by atoms with van der Waals surface area (Å²) in [5, 5.41) is 3.33. The second-order valence-electron chi connectivity index (χ2n) is 4.08. The number of hydrogen-bond acceptors (Lipinski definition) is 1. The van der Waals surface area contributed by atoms with Crippen LogP contribution in [0.1, 0.15) is 24.5 Å². The fourth-order valence-electron chi connectivity index (χ4n) is 1.77. The molecule has 1 N–H and O–H groups in total. The van der Waals surface area contributed by atoms with Crippen molar-refractivity contribution in [3.05, 3.63) is 42.0 Å². The van der Waals surface area contributed by atoms with Gasteiger partial charge >= 0.3 is 0 Å². The molecule has 0 bridgehead atoms. The van der Waals surface area contributed by atoms with E-state index in [1.54, 1.807) is 0 Å². The van der Waals surface area contributed by atoms with Gasteiger partial charge in [0.25, 0.3) is 0 Å². The van der Waals surface area contributed by atoms with E-state index in [4.69, 9.17) is 0 Å². The highest BCUT2D eigenvalue weighted by Gasteiger charge is 2.19. The summed E-state index contributed by atoms with van der Waals surface area (Å²) < 4.78 is 0. The van der Waals surface area contributed by atoms with Crippen molar-refractivity contribution in [2.45, 2.75) is 25.8 Å². The van der Waals surface area contributed by atoms with E-state index < -0.39 is 0 Å². The van der Waals surface area contributed by atoms with Gasteiger partial charge in [-0.1, -0.05) is 36.4 Å². The molecule has 0 aliphatic carbocycles. The fourth-order valence-corrected chi connectivity index (χ4v) is 1.77. The summed E-state index contributed by atoms with van der Waals surface area (Å²) in [4.78, 5) is 0. The molecule has 1 aliphatic heterocycles. The zero-order valence-electron chi connectivity index (χ0n) is 8.72. The minimum Gasteiger partial charge on any atom is -0.311 e. The van der Waals surface area contributed by atoms with E-state index in [1.807, 2.05) is 0 Å². The molecule has 1 atom stereocenters. The predicted molar refractivity (Wildman–Crippen MR) is 61.3 cm³/mol. The van der Waals surface area contributed by atoms with Gasteiger partial charge in [0.05, 0.1) is 0 Å². The third-order valence-electron chi connectivity index (χ3n) is 2.73. The van der Waals surface area contributed by atoms with Crippen LogP contribution in [0.25, 0.3) is 5.57 Å². The first-order valence-corrected chi connectivity index (χ1v) is 5.24. The average molecular weight is 187 g/mol. The molecule has 1 aromatic carbocycles. The minimum absolute atomic E-state index is 0.771. The van der Waals surface area contributed by atoms with Crippen molar-refractivity contribution in [2.24, 2.45) is 0 Å².